The molecule has 0 saturated heterocycles. The molecule has 1 aromatic rings. The second-order valence-electron chi connectivity index (χ2n) is 5.80. The maximum absolute atomic E-state index is 12.7. The summed E-state index contributed by atoms with van der Waals surface area (Å²) in [6.45, 7) is 5.44. The van der Waals surface area contributed by atoms with Crippen molar-refractivity contribution in [2.45, 2.75) is 45.2 Å². The lowest BCUT2D eigenvalue weighted by atomic mass is 9.90. The van der Waals surface area contributed by atoms with Crippen LogP contribution in [0.4, 0.5) is 5.82 Å². The molecule has 122 valence electrons. The van der Waals surface area contributed by atoms with Crippen LogP contribution in [0.25, 0.3) is 0 Å². The van der Waals surface area contributed by atoms with Gasteiger partial charge in [0.15, 0.2) is 5.54 Å². The Balaban J connectivity index is 0.00000242. The first-order valence-corrected chi connectivity index (χ1v) is 7.12. The van der Waals surface area contributed by atoms with Gasteiger partial charge in [-0.25, -0.2) is 9.78 Å². The number of carboxylic acid groups (broad SMARTS) is 1. The van der Waals surface area contributed by atoms with Crippen LogP contribution < -0.4 is 10.6 Å². The van der Waals surface area contributed by atoms with Crippen molar-refractivity contribution in [3.63, 3.8) is 0 Å². The van der Waals surface area contributed by atoms with Gasteiger partial charge in [0.25, 0.3) is 0 Å². The Morgan fingerprint density at radius 1 is 1.50 bits per heavy atom. The van der Waals surface area contributed by atoms with Gasteiger partial charge >= 0.3 is 5.97 Å². The van der Waals surface area contributed by atoms with Crippen LogP contribution >= 0.6 is 12.4 Å². The van der Waals surface area contributed by atoms with Gasteiger partial charge in [0, 0.05) is 12.6 Å². The normalized spacial score (nSPS) is 21.2. The van der Waals surface area contributed by atoms with Crippen molar-refractivity contribution in [1.82, 2.24) is 4.98 Å². The van der Waals surface area contributed by atoms with Crippen molar-refractivity contribution in [3.8, 4) is 0 Å². The van der Waals surface area contributed by atoms with Crippen LogP contribution in [0.2, 0.25) is 0 Å². The van der Waals surface area contributed by atoms with Gasteiger partial charge in [0.2, 0.25) is 5.91 Å². The van der Waals surface area contributed by atoms with E-state index in [2.05, 4.69) is 4.98 Å². The van der Waals surface area contributed by atoms with Crippen LogP contribution in [-0.2, 0) is 16.0 Å². The summed E-state index contributed by atoms with van der Waals surface area (Å²) in [5, 5.41) is 9.71. The minimum atomic E-state index is -1.29. The molecule has 1 aliphatic rings. The number of carbonyl (C=O) groups is 2. The standard InChI is InChI=1S/C15H21N3O3.ClH/c1-4-15(14(20)21)8-10-6-5-7-17-12(10)18(15)13(19)11(16)9(2)3;/h5-7,9,11H,4,8,16H2,1-3H3,(H,20,21);1H/t11-,15-;/m0./s1. The molecule has 0 saturated carbocycles. The number of rotatable bonds is 4. The van der Waals surface area contributed by atoms with Crippen molar-refractivity contribution in [2.75, 3.05) is 4.90 Å². The molecule has 1 aliphatic heterocycles. The number of carboxylic acids is 1. The summed E-state index contributed by atoms with van der Waals surface area (Å²) >= 11 is 0. The average Bonchev–Trinajstić information content (AvgIpc) is 2.80. The molecule has 0 unspecified atom stereocenters. The topological polar surface area (TPSA) is 96.5 Å². The third-order valence-corrected chi connectivity index (χ3v) is 4.20. The van der Waals surface area contributed by atoms with Crippen molar-refractivity contribution >= 4 is 30.1 Å². The zero-order chi connectivity index (χ0) is 15.8. The highest BCUT2D eigenvalue weighted by Crippen LogP contribution is 2.40. The van der Waals surface area contributed by atoms with E-state index in [4.69, 9.17) is 5.73 Å². The highest BCUT2D eigenvalue weighted by molar-refractivity contribution is 6.05. The van der Waals surface area contributed by atoms with Gasteiger partial charge < -0.3 is 10.8 Å². The van der Waals surface area contributed by atoms with E-state index in [0.29, 0.717) is 12.2 Å². The van der Waals surface area contributed by atoms with Gasteiger partial charge in [-0.1, -0.05) is 26.8 Å². The summed E-state index contributed by atoms with van der Waals surface area (Å²) in [4.78, 5) is 30.1. The van der Waals surface area contributed by atoms with E-state index in [0.717, 1.165) is 5.56 Å². The first-order chi connectivity index (χ1) is 9.85. The summed E-state index contributed by atoms with van der Waals surface area (Å²) in [5.74, 6) is -1.06. The predicted molar refractivity (Wildman–Crippen MR) is 86.1 cm³/mol. The minimum Gasteiger partial charge on any atom is -0.479 e. The molecular weight excluding hydrogens is 306 g/mol. The SMILES string of the molecule is CC[C@@]1(C(=O)O)Cc2cccnc2N1C(=O)[C@@H](N)C(C)C.Cl. The number of pyridine rings is 1. The van der Waals surface area contributed by atoms with Gasteiger partial charge in [0.05, 0.1) is 6.04 Å². The lowest BCUT2D eigenvalue weighted by Crippen LogP contribution is -2.60. The second kappa shape index (κ2) is 6.62. The van der Waals surface area contributed by atoms with Crippen LogP contribution in [0, 0.1) is 5.92 Å². The first-order valence-electron chi connectivity index (χ1n) is 7.12. The molecule has 0 fully saturated rings. The van der Waals surface area contributed by atoms with Crippen molar-refractivity contribution in [1.29, 1.82) is 0 Å². The molecule has 2 atom stereocenters. The maximum Gasteiger partial charge on any atom is 0.330 e. The number of anilines is 1. The molecule has 0 aliphatic carbocycles. The Kier molecular flexibility index (Phi) is 5.54. The molecule has 1 amide bonds. The summed E-state index contributed by atoms with van der Waals surface area (Å²) in [7, 11) is 0. The number of hydrogen-bond donors (Lipinski definition) is 2. The molecule has 0 aromatic carbocycles. The molecule has 22 heavy (non-hydrogen) atoms. The van der Waals surface area contributed by atoms with E-state index in [1.54, 1.807) is 19.2 Å². The molecular formula is C15H22ClN3O3. The van der Waals surface area contributed by atoms with Gasteiger partial charge in [-0.3, -0.25) is 9.69 Å². The number of halogens is 1. The van der Waals surface area contributed by atoms with Crippen molar-refractivity contribution in [2.24, 2.45) is 11.7 Å². The highest BCUT2D eigenvalue weighted by atomic mass is 35.5. The van der Waals surface area contributed by atoms with Crippen LogP contribution in [0.1, 0.15) is 32.8 Å². The van der Waals surface area contributed by atoms with Crippen LogP contribution in [-0.4, -0.2) is 33.5 Å². The Morgan fingerprint density at radius 2 is 2.14 bits per heavy atom. The largest absolute Gasteiger partial charge is 0.479 e. The first kappa shape index (κ1) is 18.4. The predicted octanol–water partition coefficient (Wildman–Crippen LogP) is 1.61. The van der Waals surface area contributed by atoms with E-state index >= 15 is 0 Å². The van der Waals surface area contributed by atoms with Crippen LogP contribution in [0.5, 0.6) is 0 Å². The summed E-state index contributed by atoms with van der Waals surface area (Å²) in [5.41, 5.74) is 5.44. The number of hydrogen-bond acceptors (Lipinski definition) is 4. The summed E-state index contributed by atoms with van der Waals surface area (Å²) in [6.07, 6.45) is 2.13. The molecule has 7 heteroatoms. The molecule has 3 N–H and O–H groups in total. The Labute approximate surface area is 136 Å². The number of amides is 1. The number of nitrogens with two attached hydrogens (primary N) is 1. The van der Waals surface area contributed by atoms with Gasteiger partial charge in [0.1, 0.15) is 5.82 Å². The lowest BCUT2D eigenvalue weighted by molar-refractivity contribution is -0.145. The van der Waals surface area contributed by atoms with Crippen molar-refractivity contribution < 1.29 is 14.7 Å². The van der Waals surface area contributed by atoms with E-state index < -0.39 is 17.6 Å². The Bertz CT molecular complexity index is 579. The molecule has 6 nitrogen and oxygen atoms in total. The maximum atomic E-state index is 12.7. The van der Waals surface area contributed by atoms with Crippen LogP contribution in [0.15, 0.2) is 18.3 Å². The number of fused-ring (bicyclic) bond motifs is 1. The quantitative estimate of drug-likeness (QED) is 0.875. The molecule has 0 spiro atoms. The van der Waals surface area contributed by atoms with E-state index in [1.807, 2.05) is 19.9 Å². The average molecular weight is 328 g/mol. The van der Waals surface area contributed by atoms with E-state index in [1.165, 1.54) is 4.90 Å². The highest BCUT2D eigenvalue weighted by Gasteiger charge is 2.53. The van der Waals surface area contributed by atoms with Gasteiger partial charge in [-0.15, -0.1) is 12.4 Å². The van der Waals surface area contributed by atoms with E-state index in [9.17, 15) is 14.7 Å². The summed E-state index contributed by atoms with van der Waals surface area (Å²) < 4.78 is 0. The second-order valence-corrected chi connectivity index (χ2v) is 5.80. The molecule has 2 heterocycles. The fourth-order valence-electron chi connectivity index (χ4n) is 2.72. The molecule has 0 bridgehead atoms. The van der Waals surface area contributed by atoms with Crippen molar-refractivity contribution in [3.05, 3.63) is 23.9 Å². The fraction of sp³-hybridized carbons (Fsp3) is 0.533. The lowest BCUT2D eigenvalue weighted by Gasteiger charge is -2.35. The minimum absolute atomic E-state index is 0. The number of aliphatic carboxylic acids is 1. The molecule has 2 rings (SSSR count). The van der Waals surface area contributed by atoms with Crippen LogP contribution in [0.3, 0.4) is 0 Å². The number of aromatic nitrogens is 1. The summed E-state index contributed by atoms with van der Waals surface area (Å²) in [6, 6.07) is 2.81. The zero-order valence-corrected chi connectivity index (χ0v) is 13.8. The zero-order valence-electron chi connectivity index (χ0n) is 12.9. The third-order valence-electron chi connectivity index (χ3n) is 4.20. The fourth-order valence-corrected chi connectivity index (χ4v) is 2.72. The van der Waals surface area contributed by atoms with Gasteiger partial charge in [-0.2, -0.15) is 0 Å². The monoisotopic (exact) mass is 327 g/mol. The smallest absolute Gasteiger partial charge is 0.330 e. The number of nitrogens with zero attached hydrogens (tertiary/aromatic N) is 2. The van der Waals surface area contributed by atoms with Gasteiger partial charge in [-0.05, 0) is 24.0 Å². The Morgan fingerprint density at radius 3 is 2.64 bits per heavy atom. The van der Waals surface area contributed by atoms with E-state index in [-0.39, 0.29) is 30.7 Å². The molecule has 0 radical (unpaired) electrons. The Hall–Kier alpha value is -1.66. The third kappa shape index (κ3) is 2.68. The molecule has 1 aromatic heterocycles. The number of carbonyl (C=O) groups excluding carboxylic acids is 1.